The SMILES string of the molecule is CCOC(=O)/C=C/c1ccc(NCC(=O)Nc2sc3c(c2C(=O)OC)CCC3)cc1. The zero-order valence-corrected chi connectivity index (χ0v) is 17.8. The van der Waals surface area contributed by atoms with Crippen molar-refractivity contribution in [1.82, 2.24) is 0 Å². The average molecular weight is 429 g/mol. The number of carbonyl (C=O) groups excluding carboxylic acids is 3. The quantitative estimate of drug-likeness (QED) is 0.492. The standard InChI is InChI=1S/C22H24N2O5S/c1-3-29-19(26)12-9-14-7-10-15(11-8-14)23-13-18(25)24-21-20(22(27)28-2)16-5-4-6-17(16)30-21/h7-12,23H,3-6,13H2,1-2H3,(H,24,25)/b12-9+. The fraction of sp³-hybridized carbons (Fsp3) is 0.318. The Morgan fingerprint density at radius 1 is 1.17 bits per heavy atom. The van der Waals surface area contributed by atoms with E-state index < -0.39 is 5.97 Å². The minimum absolute atomic E-state index is 0.0567. The maximum absolute atomic E-state index is 12.4. The largest absolute Gasteiger partial charge is 0.465 e. The van der Waals surface area contributed by atoms with Gasteiger partial charge in [-0.3, -0.25) is 4.79 Å². The molecule has 2 aromatic rings. The Kier molecular flexibility index (Phi) is 7.24. The van der Waals surface area contributed by atoms with Gasteiger partial charge in [0.1, 0.15) is 5.00 Å². The van der Waals surface area contributed by atoms with Gasteiger partial charge in [-0.25, -0.2) is 9.59 Å². The molecule has 1 aliphatic carbocycles. The highest BCUT2D eigenvalue weighted by molar-refractivity contribution is 7.17. The molecular formula is C22H24N2O5S. The van der Waals surface area contributed by atoms with E-state index in [4.69, 9.17) is 9.47 Å². The first-order chi connectivity index (χ1) is 14.5. The molecule has 0 saturated carbocycles. The van der Waals surface area contributed by atoms with Crippen molar-refractivity contribution in [3.63, 3.8) is 0 Å². The van der Waals surface area contributed by atoms with Crippen LogP contribution in [0.3, 0.4) is 0 Å². The molecule has 0 bridgehead atoms. The van der Waals surface area contributed by atoms with E-state index in [-0.39, 0.29) is 18.4 Å². The molecular weight excluding hydrogens is 404 g/mol. The van der Waals surface area contributed by atoms with Crippen molar-refractivity contribution >= 4 is 45.9 Å². The lowest BCUT2D eigenvalue weighted by molar-refractivity contribution is -0.137. The fourth-order valence-electron chi connectivity index (χ4n) is 3.23. The molecule has 0 saturated heterocycles. The first-order valence-corrected chi connectivity index (χ1v) is 10.5. The highest BCUT2D eigenvalue weighted by Crippen LogP contribution is 2.39. The summed E-state index contributed by atoms with van der Waals surface area (Å²) in [5.41, 5.74) is 3.09. The van der Waals surface area contributed by atoms with Crippen LogP contribution in [0.1, 0.15) is 39.7 Å². The molecule has 30 heavy (non-hydrogen) atoms. The van der Waals surface area contributed by atoms with E-state index in [2.05, 4.69) is 10.6 Å². The van der Waals surface area contributed by atoms with Crippen LogP contribution in [0.2, 0.25) is 0 Å². The van der Waals surface area contributed by atoms with Gasteiger partial charge in [0.15, 0.2) is 0 Å². The number of nitrogens with one attached hydrogen (secondary N) is 2. The van der Waals surface area contributed by atoms with Crippen LogP contribution < -0.4 is 10.6 Å². The van der Waals surface area contributed by atoms with Crippen molar-refractivity contribution in [1.29, 1.82) is 0 Å². The van der Waals surface area contributed by atoms with Crippen molar-refractivity contribution in [3.8, 4) is 0 Å². The maximum Gasteiger partial charge on any atom is 0.341 e. The first-order valence-electron chi connectivity index (χ1n) is 9.73. The lowest BCUT2D eigenvalue weighted by atomic mass is 10.1. The topological polar surface area (TPSA) is 93.7 Å². The number of hydrogen-bond acceptors (Lipinski definition) is 7. The average Bonchev–Trinajstić information content (AvgIpc) is 3.32. The van der Waals surface area contributed by atoms with Crippen molar-refractivity contribution in [3.05, 3.63) is 51.9 Å². The maximum atomic E-state index is 12.4. The summed E-state index contributed by atoms with van der Waals surface area (Å²) < 4.78 is 9.74. The summed E-state index contributed by atoms with van der Waals surface area (Å²) in [6.45, 7) is 2.15. The zero-order chi connectivity index (χ0) is 21.5. The van der Waals surface area contributed by atoms with Gasteiger partial charge in [-0.2, -0.15) is 0 Å². The van der Waals surface area contributed by atoms with Gasteiger partial charge >= 0.3 is 11.9 Å². The third-order valence-electron chi connectivity index (χ3n) is 4.63. The predicted octanol–water partition coefficient (Wildman–Crippen LogP) is 3.65. The van der Waals surface area contributed by atoms with E-state index in [1.807, 2.05) is 24.3 Å². The molecule has 0 radical (unpaired) electrons. The molecule has 3 rings (SSSR count). The molecule has 1 aromatic heterocycles. The molecule has 1 aromatic carbocycles. The lowest BCUT2D eigenvalue weighted by Crippen LogP contribution is -2.22. The van der Waals surface area contributed by atoms with Gasteiger partial charge < -0.3 is 20.1 Å². The molecule has 0 unspecified atom stereocenters. The Hall–Kier alpha value is -3.13. The number of ether oxygens (including phenoxy) is 2. The number of hydrogen-bond donors (Lipinski definition) is 2. The van der Waals surface area contributed by atoms with Crippen molar-refractivity contribution in [2.24, 2.45) is 0 Å². The smallest absolute Gasteiger partial charge is 0.341 e. The summed E-state index contributed by atoms with van der Waals surface area (Å²) >= 11 is 1.45. The second-order valence-electron chi connectivity index (χ2n) is 6.66. The molecule has 0 atom stereocenters. The van der Waals surface area contributed by atoms with Gasteiger partial charge in [-0.15, -0.1) is 11.3 Å². The molecule has 7 nitrogen and oxygen atoms in total. The third-order valence-corrected chi connectivity index (χ3v) is 5.83. The van der Waals surface area contributed by atoms with Gasteiger partial charge in [-0.1, -0.05) is 12.1 Å². The van der Waals surface area contributed by atoms with Crippen molar-refractivity contribution in [2.75, 3.05) is 30.9 Å². The van der Waals surface area contributed by atoms with Crippen LogP contribution >= 0.6 is 11.3 Å². The van der Waals surface area contributed by atoms with Gasteiger partial charge in [0.05, 0.1) is 25.8 Å². The summed E-state index contributed by atoms with van der Waals surface area (Å²) in [4.78, 5) is 37.1. The van der Waals surface area contributed by atoms with E-state index in [9.17, 15) is 14.4 Å². The van der Waals surface area contributed by atoms with Crippen molar-refractivity contribution < 1.29 is 23.9 Å². The summed E-state index contributed by atoms with van der Waals surface area (Å²) in [6.07, 6.45) is 5.82. The zero-order valence-electron chi connectivity index (χ0n) is 16.9. The Labute approximate surface area is 179 Å². The summed E-state index contributed by atoms with van der Waals surface area (Å²) in [5.74, 6) is -1.04. The number of fused-ring (bicyclic) bond motifs is 1. The fourth-order valence-corrected chi connectivity index (χ4v) is 4.52. The number of esters is 2. The van der Waals surface area contributed by atoms with Crippen LogP contribution in [0.4, 0.5) is 10.7 Å². The monoisotopic (exact) mass is 428 g/mol. The highest BCUT2D eigenvalue weighted by Gasteiger charge is 2.27. The van der Waals surface area contributed by atoms with Crippen LogP contribution in [0.5, 0.6) is 0 Å². The Balaban J connectivity index is 1.57. The molecule has 1 aliphatic rings. The second kappa shape index (κ2) is 10.1. The van der Waals surface area contributed by atoms with Crippen LogP contribution in [-0.4, -0.2) is 38.1 Å². The predicted molar refractivity (Wildman–Crippen MR) is 117 cm³/mol. The van der Waals surface area contributed by atoms with E-state index in [1.54, 1.807) is 13.0 Å². The van der Waals surface area contributed by atoms with Crippen LogP contribution in [0.25, 0.3) is 6.08 Å². The number of amides is 1. The third kappa shape index (κ3) is 5.27. The molecule has 158 valence electrons. The van der Waals surface area contributed by atoms with Crippen LogP contribution in [-0.2, 0) is 31.9 Å². The van der Waals surface area contributed by atoms with Crippen LogP contribution in [0, 0.1) is 0 Å². The number of anilines is 2. The molecule has 2 N–H and O–H groups in total. The number of rotatable bonds is 8. The molecule has 8 heteroatoms. The van der Waals surface area contributed by atoms with Crippen LogP contribution in [0.15, 0.2) is 30.3 Å². The molecule has 0 fully saturated rings. The minimum Gasteiger partial charge on any atom is -0.465 e. The number of thiophene rings is 1. The van der Waals surface area contributed by atoms with E-state index in [0.717, 1.165) is 41.0 Å². The van der Waals surface area contributed by atoms with E-state index in [1.165, 1.54) is 24.5 Å². The van der Waals surface area contributed by atoms with E-state index in [0.29, 0.717) is 17.2 Å². The molecule has 0 aliphatic heterocycles. The summed E-state index contributed by atoms with van der Waals surface area (Å²) in [7, 11) is 1.35. The number of methoxy groups -OCH3 is 1. The molecule has 0 spiro atoms. The molecule has 1 heterocycles. The summed E-state index contributed by atoms with van der Waals surface area (Å²) in [5, 5.41) is 6.44. The number of aryl methyl sites for hydroxylation is 1. The van der Waals surface area contributed by atoms with Gasteiger partial charge in [0.2, 0.25) is 5.91 Å². The highest BCUT2D eigenvalue weighted by atomic mass is 32.1. The Bertz CT molecular complexity index is 963. The van der Waals surface area contributed by atoms with E-state index >= 15 is 0 Å². The lowest BCUT2D eigenvalue weighted by Gasteiger charge is -2.09. The van der Waals surface area contributed by atoms with Gasteiger partial charge in [-0.05, 0) is 55.5 Å². The van der Waals surface area contributed by atoms with Gasteiger partial charge in [0, 0.05) is 16.6 Å². The Morgan fingerprint density at radius 3 is 2.63 bits per heavy atom. The minimum atomic E-state index is -0.413. The van der Waals surface area contributed by atoms with Gasteiger partial charge in [0.25, 0.3) is 0 Å². The number of benzene rings is 1. The van der Waals surface area contributed by atoms with Crippen molar-refractivity contribution in [2.45, 2.75) is 26.2 Å². The second-order valence-corrected chi connectivity index (χ2v) is 7.77. The normalized spacial score (nSPS) is 12.5. The first kappa shape index (κ1) is 21.6. The molecule has 1 amide bonds. The number of carbonyl (C=O) groups is 3. The Morgan fingerprint density at radius 2 is 1.93 bits per heavy atom. The summed E-state index contributed by atoms with van der Waals surface area (Å²) in [6, 6.07) is 7.29.